The predicted molar refractivity (Wildman–Crippen MR) is 131 cm³/mol. The number of ether oxygens (including phenoxy) is 2. The third kappa shape index (κ3) is 5.19. The minimum Gasteiger partial charge on any atom is -0.465 e. The van der Waals surface area contributed by atoms with Crippen LogP contribution in [0.15, 0.2) is 42.7 Å². The molecule has 0 unspecified atom stereocenters. The van der Waals surface area contributed by atoms with Gasteiger partial charge in [0.15, 0.2) is 5.78 Å². The maximum atomic E-state index is 14.8. The van der Waals surface area contributed by atoms with Gasteiger partial charge in [-0.15, -0.1) is 0 Å². The van der Waals surface area contributed by atoms with E-state index in [1.54, 1.807) is 26.1 Å². The summed E-state index contributed by atoms with van der Waals surface area (Å²) >= 11 is 0. The molecule has 4 rings (SSSR count). The molecular weight excluding hydrogens is 501 g/mol. The molecule has 0 radical (unpaired) electrons. The first-order chi connectivity index (χ1) is 17.9. The standard InChI is InChI=1S/C28H27F3N2O5/c1-14-9-24(38-15(2)28(14,3)36)18-7-8-32-13-17(18)12-23(34)22-6-5-19(29)26(33-22)25-20(30)10-16(11-21(25)31)27(35)37-4/h5-8,10-11,13-15,24,36H,9,12H2,1-4H3/t14-,15-,24-,28+/m1/s1. The second-order valence-electron chi connectivity index (χ2n) is 9.64. The molecule has 0 aliphatic carbocycles. The molecule has 1 fully saturated rings. The summed E-state index contributed by atoms with van der Waals surface area (Å²) in [6.07, 6.45) is 2.60. The molecule has 10 heteroatoms. The molecule has 0 spiro atoms. The van der Waals surface area contributed by atoms with E-state index in [1.165, 1.54) is 6.20 Å². The molecule has 0 saturated carbocycles. The summed E-state index contributed by atoms with van der Waals surface area (Å²) in [6, 6.07) is 5.21. The van der Waals surface area contributed by atoms with Crippen LogP contribution in [0.3, 0.4) is 0 Å². The highest BCUT2D eigenvalue weighted by Gasteiger charge is 2.43. The fourth-order valence-electron chi connectivity index (χ4n) is 4.57. The van der Waals surface area contributed by atoms with Crippen LogP contribution < -0.4 is 0 Å². The van der Waals surface area contributed by atoms with Gasteiger partial charge in [-0.05, 0) is 67.6 Å². The van der Waals surface area contributed by atoms with Gasteiger partial charge in [-0.1, -0.05) is 6.92 Å². The van der Waals surface area contributed by atoms with Crippen LogP contribution in [0, 0.1) is 23.4 Å². The molecule has 3 heterocycles. The maximum Gasteiger partial charge on any atom is 0.338 e. The Morgan fingerprint density at radius 3 is 2.45 bits per heavy atom. The Hall–Kier alpha value is -3.63. The summed E-state index contributed by atoms with van der Waals surface area (Å²) in [5.74, 6) is -5.08. The summed E-state index contributed by atoms with van der Waals surface area (Å²) < 4.78 is 54.7. The van der Waals surface area contributed by atoms with E-state index in [9.17, 15) is 27.9 Å². The van der Waals surface area contributed by atoms with Crippen LogP contribution in [-0.4, -0.2) is 45.6 Å². The van der Waals surface area contributed by atoms with E-state index in [1.807, 2.05) is 6.92 Å². The number of rotatable bonds is 6. The number of carbonyl (C=O) groups is 2. The van der Waals surface area contributed by atoms with Gasteiger partial charge in [0.25, 0.3) is 0 Å². The molecule has 7 nitrogen and oxygen atoms in total. The summed E-state index contributed by atoms with van der Waals surface area (Å²) in [5, 5.41) is 10.7. The number of halogens is 3. The lowest BCUT2D eigenvalue weighted by atomic mass is 9.78. The number of benzene rings is 1. The first-order valence-electron chi connectivity index (χ1n) is 12.0. The smallest absolute Gasteiger partial charge is 0.338 e. The van der Waals surface area contributed by atoms with Crippen molar-refractivity contribution in [2.24, 2.45) is 5.92 Å². The Balaban J connectivity index is 1.64. The second kappa shape index (κ2) is 10.6. The van der Waals surface area contributed by atoms with E-state index < -0.39 is 57.7 Å². The monoisotopic (exact) mass is 528 g/mol. The minimum atomic E-state index is -1.23. The first-order valence-corrected chi connectivity index (χ1v) is 12.0. The molecule has 0 bridgehead atoms. The van der Waals surface area contributed by atoms with Gasteiger partial charge in [-0.25, -0.2) is 22.9 Å². The zero-order valence-electron chi connectivity index (χ0n) is 21.3. The zero-order valence-corrected chi connectivity index (χ0v) is 21.3. The van der Waals surface area contributed by atoms with Crippen LogP contribution in [0.25, 0.3) is 11.3 Å². The van der Waals surface area contributed by atoms with Crippen LogP contribution in [0.2, 0.25) is 0 Å². The Labute approximate surface area is 217 Å². The molecule has 4 atom stereocenters. The van der Waals surface area contributed by atoms with E-state index >= 15 is 0 Å². The fourth-order valence-corrected chi connectivity index (χ4v) is 4.57. The fraction of sp³-hybridized carbons (Fsp3) is 0.357. The third-order valence-corrected chi connectivity index (χ3v) is 7.23. The zero-order chi connectivity index (χ0) is 27.8. The Kier molecular flexibility index (Phi) is 7.66. The van der Waals surface area contributed by atoms with Crippen LogP contribution in [0.1, 0.15) is 65.3 Å². The van der Waals surface area contributed by atoms with Crippen molar-refractivity contribution in [1.29, 1.82) is 0 Å². The molecule has 1 N–H and O–H groups in total. The van der Waals surface area contributed by atoms with Crippen LogP contribution >= 0.6 is 0 Å². The second-order valence-corrected chi connectivity index (χ2v) is 9.64. The highest BCUT2D eigenvalue weighted by Crippen LogP contribution is 2.41. The van der Waals surface area contributed by atoms with Crippen molar-refractivity contribution in [2.45, 2.75) is 51.4 Å². The number of ketones is 1. The number of carbonyl (C=O) groups excluding carboxylic acids is 2. The van der Waals surface area contributed by atoms with E-state index in [-0.39, 0.29) is 24.1 Å². The molecule has 0 amide bonds. The molecule has 38 heavy (non-hydrogen) atoms. The quantitative estimate of drug-likeness (QED) is 0.355. The molecule has 1 aromatic carbocycles. The Morgan fingerprint density at radius 1 is 1.13 bits per heavy atom. The van der Waals surface area contributed by atoms with Gasteiger partial charge in [0.2, 0.25) is 0 Å². The summed E-state index contributed by atoms with van der Waals surface area (Å²) in [5.41, 5.74) is -1.84. The van der Waals surface area contributed by atoms with Gasteiger partial charge in [0.1, 0.15) is 28.8 Å². The molecule has 1 aliphatic rings. The van der Waals surface area contributed by atoms with Gasteiger partial charge in [-0.3, -0.25) is 9.78 Å². The van der Waals surface area contributed by atoms with Crippen molar-refractivity contribution >= 4 is 11.8 Å². The summed E-state index contributed by atoms with van der Waals surface area (Å²) in [7, 11) is 1.06. The molecule has 1 saturated heterocycles. The average molecular weight is 529 g/mol. The number of hydrogen-bond acceptors (Lipinski definition) is 7. The Bertz CT molecular complexity index is 1360. The number of pyridine rings is 2. The van der Waals surface area contributed by atoms with Crippen LogP contribution in [0.5, 0.6) is 0 Å². The molecule has 1 aliphatic heterocycles. The Morgan fingerprint density at radius 2 is 1.82 bits per heavy atom. The average Bonchev–Trinajstić information content (AvgIpc) is 2.87. The minimum absolute atomic E-state index is 0.0790. The normalized spacial score (nSPS) is 23.2. The lowest BCUT2D eigenvalue weighted by molar-refractivity contribution is -0.189. The van der Waals surface area contributed by atoms with Gasteiger partial charge in [0, 0.05) is 18.8 Å². The van der Waals surface area contributed by atoms with E-state index in [2.05, 4.69) is 14.7 Å². The van der Waals surface area contributed by atoms with Crippen molar-refractivity contribution in [2.75, 3.05) is 7.11 Å². The number of Topliss-reactive ketones (excluding diaryl/α,β-unsaturated/α-hetero) is 1. The topological polar surface area (TPSA) is 98.6 Å². The van der Waals surface area contributed by atoms with Crippen molar-refractivity contribution in [1.82, 2.24) is 9.97 Å². The summed E-state index contributed by atoms with van der Waals surface area (Å²) in [4.78, 5) is 32.9. The number of aromatic nitrogens is 2. The molecule has 200 valence electrons. The van der Waals surface area contributed by atoms with Crippen LogP contribution in [-0.2, 0) is 15.9 Å². The molecule has 3 aromatic rings. The number of nitrogens with zero attached hydrogens (tertiary/aromatic N) is 2. The number of hydrogen-bond donors (Lipinski definition) is 1. The maximum absolute atomic E-state index is 14.8. The largest absolute Gasteiger partial charge is 0.465 e. The third-order valence-electron chi connectivity index (χ3n) is 7.23. The van der Waals surface area contributed by atoms with Gasteiger partial charge in [0.05, 0.1) is 36.0 Å². The predicted octanol–water partition coefficient (Wildman–Crippen LogP) is 5.01. The number of methoxy groups -OCH3 is 1. The van der Waals surface area contributed by atoms with Gasteiger partial charge >= 0.3 is 5.97 Å². The van der Waals surface area contributed by atoms with Gasteiger partial charge in [-0.2, -0.15) is 0 Å². The van der Waals surface area contributed by atoms with Gasteiger partial charge < -0.3 is 14.6 Å². The lowest BCUT2D eigenvalue weighted by Gasteiger charge is -2.44. The van der Waals surface area contributed by atoms with Crippen LogP contribution in [0.4, 0.5) is 13.2 Å². The van der Waals surface area contributed by atoms with Crippen molar-refractivity contribution in [3.8, 4) is 11.3 Å². The number of aliphatic hydroxyl groups is 1. The lowest BCUT2D eigenvalue weighted by Crippen LogP contribution is -2.49. The van der Waals surface area contributed by atoms with E-state index in [0.717, 1.165) is 24.8 Å². The first kappa shape index (κ1) is 27.4. The van der Waals surface area contributed by atoms with E-state index in [4.69, 9.17) is 4.74 Å². The number of esters is 1. The van der Waals surface area contributed by atoms with Crippen molar-refractivity contribution < 1.29 is 37.3 Å². The van der Waals surface area contributed by atoms with Crippen molar-refractivity contribution in [3.63, 3.8) is 0 Å². The molecular formula is C28H27F3N2O5. The van der Waals surface area contributed by atoms with E-state index in [0.29, 0.717) is 24.1 Å². The van der Waals surface area contributed by atoms with Crippen molar-refractivity contribution in [3.05, 3.63) is 82.6 Å². The summed E-state index contributed by atoms with van der Waals surface area (Å²) in [6.45, 7) is 5.44. The highest BCUT2D eigenvalue weighted by atomic mass is 19.1. The molecule has 2 aromatic heterocycles. The SMILES string of the molecule is COC(=O)c1cc(F)c(-c2nc(C(=O)Cc3cnccc3[C@H]3C[C@@H](C)[C@](C)(O)[C@@H](C)O3)ccc2F)c(F)c1. The highest BCUT2D eigenvalue weighted by molar-refractivity contribution is 5.96.